The Bertz CT molecular complexity index is 1160. The van der Waals surface area contributed by atoms with E-state index >= 15 is 0 Å². The van der Waals surface area contributed by atoms with E-state index < -0.39 is 16.2 Å². The summed E-state index contributed by atoms with van der Waals surface area (Å²) >= 11 is 0. The average Bonchev–Trinajstić information content (AvgIpc) is 3.07. The summed E-state index contributed by atoms with van der Waals surface area (Å²) in [5, 5.41) is 23.0. The average molecular weight is 424 g/mol. The van der Waals surface area contributed by atoms with E-state index in [0.717, 1.165) is 0 Å². The Kier molecular flexibility index (Phi) is 6.16. The number of imidazole rings is 1. The first kappa shape index (κ1) is 22.1. The van der Waals surface area contributed by atoms with E-state index in [2.05, 4.69) is 10.3 Å². The number of carbonyl (C=O) groups excluding carboxylic acids is 2. The van der Waals surface area contributed by atoms with E-state index in [0.29, 0.717) is 29.6 Å². The van der Waals surface area contributed by atoms with E-state index in [1.807, 2.05) is 20.8 Å². The van der Waals surface area contributed by atoms with Crippen LogP contribution in [0.1, 0.15) is 47.9 Å². The third-order valence-electron chi connectivity index (χ3n) is 4.78. The fraction of sp³-hybridized carbons (Fsp3) is 0.318. The van der Waals surface area contributed by atoms with Crippen LogP contribution in [-0.2, 0) is 6.54 Å². The summed E-state index contributed by atoms with van der Waals surface area (Å²) in [7, 11) is 0. The number of Topliss-reactive ketones (excluding diaryl/α,β-unsaturated/α-hetero) is 1. The first-order valence-electron chi connectivity index (χ1n) is 9.83. The highest BCUT2D eigenvalue weighted by molar-refractivity contribution is 6.05. The minimum absolute atomic E-state index is 0.0218. The molecule has 162 valence electrons. The highest BCUT2D eigenvalue weighted by Gasteiger charge is 2.24. The molecule has 0 aliphatic heterocycles. The lowest BCUT2D eigenvalue weighted by molar-refractivity contribution is -0.384. The number of non-ortho nitro benzene ring substituents is 1. The second-order valence-corrected chi connectivity index (χ2v) is 8.21. The van der Waals surface area contributed by atoms with Crippen molar-refractivity contribution >= 4 is 34.4 Å². The number of fused-ring (bicyclic) bond motifs is 1. The molecule has 3 rings (SSSR count). The summed E-state index contributed by atoms with van der Waals surface area (Å²) in [6.45, 7) is 5.83. The Morgan fingerprint density at radius 2 is 1.90 bits per heavy atom. The molecule has 0 bridgehead atoms. The molecule has 0 spiro atoms. The molecular weight excluding hydrogens is 400 g/mol. The van der Waals surface area contributed by atoms with Crippen LogP contribution in [0.15, 0.2) is 42.5 Å². The molecule has 0 unspecified atom stereocenters. The van der Waals surface area contributed by atoms with Crippen LogP contribution in [0.2, 0.25) is 0 Å². The quantitative estimate of drug-likeness (QED) is 0.337. The molecule has 3 aromatic rings. The highest BCUT2D eigenvalue weighted by Crippen LogP contribution is 2.26. The molecule has 9 nitrogen and oxygen atoms in total. The van der Waals surface area contributed by atoms with Gasteiger partial charge in [-0.25, -0.2) is 4.98 Å². The number of aromatic nitrogens is 2. The zero-order valence-corrected chi connectivity index (χ0v) is 17.6. The third kappa shape index (κ3) is 4.77. The van der Waals surface area contributed by atoms with Crippen molar-refractivity contribution in [1.29, 1.82) is 0 Å². The van der Waals surface area contributed by atoms with Gasteiger partial charge >= 0.3 is 0 Å². The van der Waals surface area contributed by atoms with E-state index in [9.17, 15) is 24.8 Å². The van der Waals surface area contributed by atoms with Gasteiger partial charge in [-0.3, -0.25) is 25.0 Å². The number of ketones is 1. The SMILES string of the molecule is CC(C)(C)C(=O)c1ccc2nc(NC(=O)c3cccc([N+](=O)[O-])c3)n(CCCO)c2c1. The van der Waals surface area contributed by atoms with Crippen molar-refractivity contribution in [3.05, 3.63) is 63.7 Å². The molecule has 2 N–H and O–H groups in total. The number of aliphatic hydroxyl groups excluding tert-OH is 1. The molecule has 31 heavy (non-hydrogen) atoms. The maximum absolute atomic E-state index is 12.7. The van der Waals surface area contributed by atoms with Crippen LogP contribution in [0.5, 0.6) is 0 Å². The first-order valence-corrected chi connectivity index (χ1v) is 9.83. The lowest BCUT2D eigenvalue weighted by Gasteiger charge is -2.16. The Morgan fingerprint density at radius 3 is 2.55 bits per heavy atom. The van der Waals surface area contributed by atoms with Crippen molar-refractivity contribution in [2.24, 2.45) is 5.41 Å². The minimum atomic E-state index is -0.568. The number of hydrogen-bond donors (Lipinski definition) is 2. The van der Waals surface area contributed by atoms with E-state index in [4.69, 9.17) is 0 Å². The molecule has 0 saturated heterocycles. The first-order chi connectivity index (χ1) is 14.6. The molecule has 9 heteroatoms. The van der Waals surface area contributed by atoms with Gasteiger partial charge in [-0.1, -0.05) is 26.8 Å². The predicted octanol–water partition coefficient (Wildman–Crippen LogP) is 3.81. The highest BCUT2D eigenvalue weighted by atomic mass is 16.6. The molecular formula is C22H24N4O5. The number of nitrogens with one attached hydrogen (secondary N) is 1. The van der Waals surface area contributed by atoms with Crippen molar-refractivity contribution in [3.63, 3.8) is 0 Å². The van der Waals surface area contributed by atoms with Crippen LogP contribution in [0.4, 0.5) is 11.6 Å². The topological polar surface area (TPSA) is 127 Å². The second-order valence-electron chi connectivity index (χ2n) is 8.21. The number of nitro groups is 1. The Labute approximate surface area is 178 Å². The number of amides is 1. The van der Waals surface area contributed by atoms with Gasteiger partial charge in [0.1, 0.15) is 0 Å². The number of carbonyl (C=O) groups is 2. The summed E-state index contributed by atoms with van der Waals surface area (Å²) < 4.78 is 1.72. The van der Waals surface area contributed by atoms with Gasteiger partial charge in [0, 0.05) is 41.8 Å². The van der Waals surface area contributed by atoms with E-state index in [1.54, 1.807) is 22.8 Å². The molecule has 1 amide bonds. The monoisotopic (exact) mass is 424 g/mol. The van der Waals surface area contributed by atoms with Crippen LogP contribution in [0, 0.1) is 15.5 Å². The van der Waals surface area contributed by atoms with Gasteiger partial charge in [0.2, 0.25) is 5.95 Å². The number of benzene rings is 2. The molecule has 0 aliphatic carbocycles. The molecule has 1 aromatic heterocycles. The summed E-state index contributed by atoms with van der Waals surface area (Å²) in [5.41, 5.74) is 1.14. The Balaban J connectivity index is 2.01. The van der Waals surface area contributed by atoms with Crippen molar-refractivity contribution < 1.29 is 19.6 Å². The summed E-state index contributed by atoms with van der Waals surface area (Å²) in [4.78, 5) is 40.3. The fourth-order valence-electron chi connectivity index (χ4n) is 3.18. The van der Waals surface area contributed by atoms with Crippen LogP contribution < -0.4 is 5.32 Å². The van der Waals surface area contributed by atoms with Gasteiger partial charge in [0.15, 0.2) is 5.78 Å². The normalized spacial score (nSPS) is 11.5. The lowest BCUT2D eigenvalue weighted by atomic mass is 9.86. The summed E-state index contributed by atoms with van der Waals surface area (Å²) in [6.07, 6.45) is 0.419. The standard InChI is InChI=1S/C22H24N4O5/c1-22(2,3)19(28)14-8-9-17-18(13-14)25(10-5-11-27)21(23-17)24-20(29)15-6-4-7-16(12-15)26(30)31/h4,6-9,12-13,27H,5,10-11H2,1-3H3,(H,23,24,29). The Morgan fingerprint density at radius 1 is 1.16 bits per heavy atom. The molecule has 2 aromatic carbocycles. The maximum Gasteiger partial charge on any atom is 0.270 e. The molecule has 0 saturated carbocycles. The van der Waals surface area contributed by atoms with Gasteiger partial charge in [0.25, 0.3) is 11.6 Å². The number of aliphatic hydroxyl groups is 1. The molecule has 0 aliphatic rings. The molecule has 0 atom stereocenters. The zero-order chi connectivity index (χ0) is 22.8. The van der Waals surface area contributed by atoms with Crippen molar-refractivity contribution in [3.8, 4) is 0 Å². The van der Waals surface area contributed by atoms with Gasteiger partial charge in [-0.15, -0.1) is 0 Å². The molecule has 0 fully saturated rings. The smallest absolute Gasteiger partial charge is 0.270 e. The molecule has 1 heterocycles. The maximum atomic E-state index is 12.7. The van der Waals surface area contributed by atoms with E-state index in [-0.39, 0.29) is 29.6 Å². The van der Waals surface area contributed by atoms with Gasteiger partial charge < -0.3 is 9.67 Å². The number of nitro benzene ring substituents is 1. The summed E-state index contributed by atoms with van der Waals surface area (Å²) in [5.74, 6) is -0.331. The fourth-order valence-corrected chi connectivity index (χ4v) is 3.18. The zero-order valence-electron chi connectivity index (χ0n) is 17.6. The number of nitrogens with zero attached hydrogens (tertiary/aromatic N) is 3. The number of aryl methyl sites for hydroxylation is 1. The number of hydrogen-bond acceptors (Lipinski definition) is 6. The van der Waals surface area contributed by atoms with Crippen LogP contribution >= 0.6 is 0 Å². The van der Waals surface area contributed by atoms with E-state index in [1.165, 1.54) is 24.3 Å². The Hall–Kier alpha value is -3.59. The van der Waals surface area contributed by atoms with Crippen LogP contribution in [0.25, 0.3) is 11.0 Å². The largest absolute Gasteiger partial charge is 0.396 e. The molecule has 0 radical (unpaired) electrons. The summed E-state index contributed by atoms with van der Waals surface area (Å²) in [6, 6.07) is 10.6. The van der Waals surface area contributed by atoms with Gasteiger partial charge in [-0.2, -0.15) is 0 Å². The van der Waals surface area contributed by atoms with Crippen LogP contribution in [-0.4, -0.2) is 37.9 Å². The number of anilines is 1. The minimum Gasteiger partial charge on any atom is -0.396 e. The van der Waals surface area contributed by atoms with Crippen molar-refractivity contribution in [1.82, 2.24) is 9.55 Å². The third-order valence-corrected chi connectivity index (χ3v) is 4.78. The van der Waals surface area contributed by atoms with Gasteiger partial charge in [-0.05, 0) is 30.7 Å². The van der Waals surface area contributed by atoms with Gasteiger partial charge in [0.05, 0.1) is 16.0 Å². The second kappa shape index (κ2) is 8.65. The van der Waals surface area contributed by atoms with Crippen LogP contribution in [0.3, 0.4) is 0 Å². The van der Waals surface area contributed by atoms with Crippen molar-refractivity contribution in [2.45, 2.75) is 33.7 Å². The predicted molar refractivity (Wildman–Crippen MR) is 116 cm³/mol. The number of rotatable bonds is 7. The van der Waals surface area contributed by atoms with Crippen molar-refractivity contribution in [2.75, 3.05) is 11.9 Å². The lowest BCUT2D eigenvalue weighted by Crippen LogP contribution is -2.20.